The van der Waals surface area contributed by atoms with Gasteiger partial charge in [0.1, 0.15) is 11.5 Å². The predicted octanol–water partition coefficient (Wildman–Crippen LogP) is 2.20. The average molecular weight is 245 g/mol. The highest BCUT2D eigenvalue weighted by Gasteiger charge is 2.01. The zero-order valence-electron chi connectivity index (χ0n) is 9.80. The van der Waals surface area contributed by atoms with E-state index in [-0.39, 0.29) is 18.1 Å². The first-order chi connectivity index (χ1) is 8.69. The molecule has 0 saturated carbocycles. The first-order valence-electron chi connectivity index (χ1n) is 5.63. The summed E-state index contributed by atoms with van der Waals surface area (Å²) >= 11 is 0. The Morgan fingerprint density at radius 2 is 1.67 bits per heavy atom. The van der Waals surface area contributed by atoms with E-state index in [0.717, 1.165) is 11.3 Å². The average Bonchev–Trinajstić information content (AvgIpc) is 2.38. The molecule has 0 aliphatic rings. The van der Waals surface area contributed by atoms with Crippen LogP contribution in [0.25, 0.3) is 0 Å². The summed E-state index contributed by atoms with van der Waals surface area (Å²) in [6.07, 6.45) is 0. The van der Waals surface area contributed by atoms with Gasteiger partial charge in [-0.05, 0) is 23.8 Å². The van der Waals surface area contributed by atoms with Gasteiger partial charge in [0.15, 0.2) is 0 Å². The van der Waals surface area contributed by atoms with Crippen LogP contribution < -0.4 is 5.32 Å². The minimum atomic E-state index is -0.177. The van der Waals surface area contributed by atoms with Gasteiger partial charge in [0, 0.05) is 23.9 Å². The summed E-state index contributed by atoms with van der Waals surface area (Å²) in [5.41, 5.74) is 2.31. The third kappa shape index (κ3) is 2.93. The molecule has 0 aliphatic heterocycles. The van der Waals surface area contributed by atoms with Crippen LogP contribution in [0.3, 0.4) is 0 Å². The molecule has 0 atom stereocenters. The number of hydrogen-bond donors (Lipinski definition) is 4. The summed E-state index contributed by atoms with van der Waals surface area (Å²) in [5.74, 6) is 0.317. The van der Waals surface area contributed by atoms with E-state index in [1.807, 2.05) is 12.1 Å². The minimum Gasteiger partial charge on any atom is -0.508 e. The predicted molar refractivity (Wildman–Crippen MR) is 69.5 cm³/mol. The molecule has 0 amide bonds. The SMILES string of the molecule is OCc1ccc(NCc2ccc(O)cc2)cc1O. The van der Waals surface area contributed by atoms with Crippen LogP contribution in [-0.4, -0.2) is 15.3 Å². The Labute approximate surface area is 105 Å². The van der Waals surface area contributed by atoms with Gasteiger partial charge in [0.05, 0.1) is 6.61 Å². The number of anilines is 1. The monoisotopic (exact) mass is 245 g/mol. The number of aliphatic hydroxyl groups excluding tert-OH is 1. The maximum atomic E-state index is 9.59. The summed E-state index contributed by atoms with van der Waals surface area (Å²) in [4.78, 5) is 0. The van der Waals surface area contributed by atoms with Gasteiger partial charge < -0.3 is 20.6 Å². The van der Waals surface area contributed by atoms with E-state index in [9.17, 15) is 5.11 Å². The van der Waals surface area contributed by atoms with Gasteiger partial charge in [0.25, 0.3) is 0 Å². The topological polar surface area (TPSA) is 72.7 Å². The number of phenols is 2. The highest BCUT2D eigenvalue weighted by molar-refractivity contribution is 5.51. The number of benzene rings is 2. The van der Waals surface area contributed by atoms with Gasteiger partial charge in [-0.3, -0.25) is 0 Å². The minimum absolute atomic E-state index is 0.0770. The molecular formula is C14H15NO3. The van der Waals surface area contributed by atoms with Gasteiger partial charge in [-0.25, -0.2) is 0 Å². The number of aliphatic hydroxyl groups is 1. The van der Waals surface area contributed by atoms with E-state index in [1.165, 1.54) is 0 Å². The maximum Gasteiger partial charge on any atom is 0.123 e. The van der Waals surface area contributed by atoms with Crippen LogP contribution in [-0.2, 0) is 13.2 Å². The highest BCUT2D eigenvalue weighted by Crippen LogP contribution is 2.22. The van der Waals surface area contributed by atoms with Gasteiger partial charge in [0.2, 0.25) is 0 Å². The fourth-order valence-electron chi connectivity index (χ4n) is 1.63. The zero-order valence-corrected chi connectivity index (χ0v) is 9.80. The molecule has 4 heteroatoms. The van der Waals surface area contributed by atoms with E-state index < -0.39 is 0 Å². The Balaban J connectivity index is 2.02. The molecule has 2 aromatic carbocycles. The van der Waals surface area contributed by atoms with Gasteiger partial charge in [-0.1, -0.05) is 18.2 Å². The quantitative estimate of drug-likeness (QED) is 0.666. The number of phenolic OH excluding ortho intramolecular Hbond substituents is 1. The second-order valence-corrected chi connectivity index (χ2v) is 4.02. The summed E-state index contributed by atoms with van der Waals surface area (Å²) in [6.45, 7) is 0.419. The molecule has 0 radical (unpaired) electrons. The van der Waals surface area contributed by atoms with E-state index in [1.54, 1.807) is 30.3 Å². The standard InChI is InChI=1S/C14H15NO3/c16-9-11-3-4-12(7-14(11)18)15-8-10-1-5-13(17)6-2-10/h1-7,15-18H,8-9H2. The van der Waals surface area contributed by atoms with Gasteiger partial charge in [-0.2, -0.15) is 0 Å². The maximum absolute atomic E-state index is 9.59. The Hall–Kier alpha value is -2.20. The largest absolute Gasteiger partial charge is 0.508 e. The van der Waals surface area contributed by atoms with Crippen molar-refractivity contribution in [3.8, 4) is 11.5 Å². The molecule has 2 aromatic rings. The Morgan fingerprint density at radius 3 is 2.28 bits per heavy atom. The molecule has 0 aliphatic carbocycles. The lowest BCUT2D eigenvalue weighted by Gasteiger charge is -2.08. The lowest BCUT2D eigenvalue weighted by atomic mass is 10.1. The van der Waals surface area contributed by atoms with Crippen LogP contribution in [0.5, 0.6) is 11.5 Å². The number of rotatable bonds is 4. The molecular weight excluding hydrogens is 230 g/mol. The molecule has 4 N–H and O–H groups in total. The Bertz CT molecular complexity index is 523. The first kappa shape index (κ1) is 12.3. The molecule has 0 fully saturated rings. The normalized spacial score (nSPS) is 10.3. The van der Waals surface area contributed by atoms with E-state index >= 15 is 0 Å². The van der Waals surface area contributed by atoms with E-state index in [2.05, 4.69) is 5.32 Å². The van der Waals surface area contributed by atoms with Crippen molar-refractivity contribution in [2.75, 3.05) is 5.32 Å². The third-order valence-electron chi connectivity index (χ3n) is 2.69. The second-order valence-electron chi connectivity index (χ2n) is 4.02. The van der Waals surface area contributed by atoms with Crippen molar-refractivity contribution in [2.24, 2.45) is 0 Å². The molecule has 2 rings (SSSR count). The molecule has 0 heterocycles. The zero-order chi connectivity index (χ0) is 13.0. The summed E-state index contributed by atoms with van der Waals surface area (Å²) in [6, 6.07) is 12.0. The third-order valence-corrected chi connectivity index (χ3v) is 2.69. The van der Waals surface area contributed by atoms with Crippen LogP contribution in [0.4, 0.5) is 5.69 Å². The Morgan fingerprint density at radius 1 is 0.944 bits per heavy atom. The van der Waals surface area contributed by atoms with Crippen LogP contribution in [0, 0.1) is 0 Å². The van der Waals surface area contributed by atoms with Crippen molar-refractivity contribution in [3.63, 3.8) is 0 Å². The van der Waals surface area contributed by atoms with Crippen molar-refractivity contribution in [1.29, 1.82) is 0 Å². The molecule has 0 unspecified atom stereocenters. The van der Waals surface area contributed by atoms with Crippen molar-refractivity contribution < 1.29 is 15.3 Å². The molecule has 94 valence electrons. The van der Waals surface area contributed by atoms with E-state index in [4.69, 9.17) is 10.2 Å². The summed E-state index contributed by atoms with van der Waals surface area (Å²) in [7, 11) is 0. The lowest BCUT2D eigenvalue weighted by Crippen LogP contribution is -1.99. The van der Waals surface area contributed by atoms with Gasteiger partial charge >= 0.3 is 0 Å². The molecule has 0 bridgehead atoms. The van der Waals surface area contributed by atoms with Crippen LogP contribution >= 0.6 is 0 Å². The van der Waals surface area contributed by atoms with Crippen LogP contribution in [0.2, 0.25) is 0 Å². The van der Waals surface area contributed by atoms with Gasteiger partial charge in [-0.15, -0.1) is 0 Å². The second kappa shape index (κ2) is 5.42. The van der Waals surface area contributed by atoms with E-state index in [0.29, 0.717) is 12.1 Å². The molecule has 18 heavy (non-hydrogen) atoms. The lowest BCUT2D eigenvalue weighted by molar-refractivity contribution is 0.275. The molecule has 4 nitrogen and oxygen atoms in total. The number of aromatic hydroxyl groups is 2. The van der Waals surface area contributed by atoms with Crippen molar-refractivity contribution in [2.45, 2.75) is 13.2 Å². The first-order valence-corrected chi connectivity index (χ1v) is 5.63. The molecule has 0 spiro atoms. The fraction of sp³-hybridized carbons (Fsp3) is 0.143. The molecule has 0 aromatic heterocycles. The van der Waals surface area contributed by atoms with Crippen molar-refractivity contribution in [1.82, 2.24) is 0 Å². The smallest absolute Gasteiger partial charge is 0.123 e. The van der Waals surface area contributed by atoms with Crippen LogP contribution in [0.15, 0.2) is 42.5 Å². The number of nitrogens with one attached hydrogen (secondary N) is 1. The molecule has 0 saturated heterocycles. The number of hydrogen-bond acceptors (Lipinski definition) is 4. The summed E-state index contributed by atoms with van der Waals surface area (Å²) < 4.78 is 0. The Kier molecular flexibility index (Phi) is 3.69. The highest BCUT2D eigenvalue weighted by atomic mass is 16.3. The fourth-order valence-corrected chi connectivity index (χ4v) is 1.63. The van der Waals surface area contributed by atoms with Crippen molar-refractivity contribution >= 4 is 5.69 Å². The summed E-state index contributed by atoms with van der Waals surface area (Å²) in [5, 5.41) is 30.8. The van der Waals surface area contributed by atoms with Crippen LogP contribution in [0.1, 0.15) is 11.1 Å². The van der Waals surface area contributed by atoms with Crippen molar-refractivity contribution in [3.05, 3.63) is 53.6 Å².